The molecule has 0 unspecified atom stereocenters. The molecule has 2 aromatic heterocycles. The van der Waals surface area contributed by atoms with Gasteiger partial charge in [-0.15, -0.1) is 10.2 Å². The van der Waals surface area contributed by atoms with Crippen LogP contribution in [0.25, 0.3) is 0 Å². The maximum Gasteiger partial charge on any atom is 0.271 e. The van der Waals surface area contributed by atoms with E-state index in [4.69, 9.17) is 0 Å². The fourth-order valence-electron chi connectivity index (χ4n) is 1.76. The third-order valence-electron chi connectivity index (χ3n) is 2.90. The molecule has 2 N–H and O–H groups in total. The van der Waals surface area contributed by atoms with E-state index in [9.17, 15) is 4.79 Å². The zero-order valence-electron chi connectivity index (χ0n) is 12.0. The maximum atomic E-state index is 11.9. The summed E-state index contributed by atoms with van der Waals surface area (Å²) in [7, 11) is 0. The van der Waals surface area contributed by atoms with Gasteiger partial charge in [0.05, 0.1) is 0 Å². The SMILES string of the molecule is CCCNc1ccc(C(=O)NCCc2ccncc2)nn1. The summed E-state index contributed by atoms with van der Waals surface area (Å²) in [4.78, 5) is 15.9. The molecular formula is C15H19N5O. The molecule has 6 heteroatoms. The number of nitrogens with zero attached hydrogens (tertiary/aromatic N) is 3. The van der Waals surface area contributed by atoms with Crippen molar-refractivity contribution >= 4 is 11.7 Å². The van der Waals surface area contributed by atoms with Crippen molar-refractivity contribution in [1.82, 2.24) is 20.5 Å². The van der Waals surface area contributed by atoms with Gasteiger partial charge in [-0.25, -0.2) is 0 Å². The van der Waals surface area contributed by atoms with Crippen LogP contribution in [0, 0.1) is 0 Å². The summed E-state index contributed by atoms with van der Waals surface area (Å²) in [5.41, 5.74) is 1.46. The van der Waals surface area contributed by atoms with Gasteiger partial charge in [-0.3, -0.25) is 9.78 Å². The summed E-state index contributed by atoms with van der Waals surface area (Å²) < 4.78 is 0. The molecule has 6 nitrogen and oxygen atoms in total. The Labute approximate surface area is 124 Å². The minimum atomic E-state index is -0.210. The van der Waals surface area contributed by atoms with E-state index in [1.54, 1.807) is 24.5 Å². The second-order valence-corrected chi connectivity index (χ2v) is 4.59. The predicted molar refractivity (Wildman–Crippen MR) is 81.1 cm³/mol. The number of pyridine rings is 1. The van der Waals surface area contributed by atoms with Gasteiger partial charge < -0.3 is 10.6 Å². The van der Waals surface area contributed by atoms with Crippen LogP contribution in [0.15, 0.2) is 36.7 Å². The zero-order chi connectivity index (χ0) is 14.9. The lowest BCUT2D eigenvalue weighted by Gasteiger charge is -2.06. The summed E-state index contributed by atoms with van der Waals surface area (Å²) >= 11 is 0. The van der Waals surface area contributed by atoms with Gasteiger partial charge in [-0.05, 0) is 42.7 Å². The van der Waals surface area contributed by atoms with Crippen LogP contribution in [0.2, 0.25) is 0 Å². The molecule has 0 aliphatic carbocycles. The summed E-state index contributed by atoms with van der Waals surface area (Å²) in [5.74, 6) is 0.476. The van der Waals surface area contributed by atoms with Crippen LogP contribution in [-0.4, -0.2) is 34.2 Å². The first-order valence-corrected chi connectivity index (χ1v) is 7.04. The van der Waals surface area contributed by atoms with E-state index in [-0.39, 0.29) is 5.91 Å². The molecule has 0 aliphatic rings. The lowest BCUT2D eigenvalue weighted by Crippen LogP contribution is -2.26. The molecule has 0 fully saturated rings. The summed E-state index contributed by atoms with van der Waals surface area (Å²) in [6, 6.07) is 7.30. The largest absolute Gasteiger partial charge is 0.369 e. The van der Waals surface area contributed by atoms with Crippen molar-refractivity contribution in [2.75, 3.05) is 18.4 Å². The van der Waals surface area contributed by atoms with Crippen molar-refractivity contribution in [3.63, 3.8) is 0 Å². The third-order valence-corrected chi connectivity index (χ3v) is 2.90. The lowest BCUT2D eigenvalue weighted by molar-refractivity contribution is 0.0948. The molecule has 0 spiro atoms. The Morgan fingerprint density at radius 3 is 2.57 bits per heavy atom. The second kappa shape index (κ2) is 7.94. The Balaban J connectivity index is 1.80. The highest BCUT2D eigenvalue weighted by molar-refractivity contribution is 5.92. The van der Waals surface area contributed by atoms with E-state index in [1.807, 2.05) is 12.1 Å². The van der Waals surface area contributed by atoms with Gasteiger partial charge in [0.1, 0.15) is 5.82 Å². The van der Waals surface area contributed by atoms with E-state index in [1.165, 1.54) is 0 Å². The van der Waals surface area contributed by atoms with E-state index in [2.05, 4.69) is 32.7 Å². The highest BCUT2D eigenvalue weighted by atomic mass is 16.1. The number of carbonyl (C=O) groups is 1. The van der Waals surface area contributed by atoms with Crippen LogP contribution < -0.4 is 10.6 Å². The normalized spacial score (nSPS) is 10.1. The van der Waals surface area contributed by atoms with Crippen LogP contribution in [0.1, 0.15) is 29.4 Å². The van der Waals surface area contributed by atoms with E-state index in [0.717, 1.165) is 24.9 Å². The number of hydrogen-bond donors (Lipinski definition) is 2. The van der Waals surface area contributed by atoms with Crippen molar-refractivity contribution in [2.45, 2.75) is 19.8 Å². The van der Waals surface area contributed by atoms with Crippen LogP contribution in [-0.2, 0) is 6.42 Å². The van der Waals surface area contributed by atoms with E-state index < -0.39 is 0 Å². The number of hydrogen-bond acceptors (Lipinski definition) is 5. The molecule has 2 aromatic rings. The number of carbonyl (C=O) groups excluding carboxylic acids is 1. The Kier molecular flexibility index (Phi) is 5.63. The Bertz CT molecular complexity index is 556. The average Bonchev–Trinajstić information content (AvgIpc) is 2.54. The molecule has 0 saturated carbocycles. The van der Waals surface area contributed by atoms with Gasteiger partial charge in [0.2, 0.25) is 0 Å². The van der Waals surface area contributed by atoms with Gasteiger partial charge in [-0.1, -0.05) is 6.92 Å². The molecule has 0 bridgehead atoms. The van der Waals surface area contributed by atoms with Crippen LogP contribution in [0.4, 0.5) is 5.82 Å². The topological polar surface area (TPSA) is 79.8 Å². The van der Waals surface area contributed by atoms with Crippen molar-refractivity contribution in [3.8, 4) is 0 Å². The standard InChI is InChI=1S/C15H19N5O/c1-2-8-17-14-4-3-13(19-20-14)15(21)18-11-7-12-5-9-16-10-6-12/h3-6,9-10H,2,7-8,11H2,1H3,(H,17,20)(H,18,21). The molecular weight excluding hydrogens is 266 g/mol. The second-order valence-electron chi connectivity index (χ2n) is 4.59. The summed E-state index contributed by atoms with van der Waals surface area (Å²) in [6.45, 7) is 3.47. The average molecular weight is 285 g/mol. The van der Waals surface area contributed by atoms with Crippen molar-refractivity contribution in [3.05, 3.63) is 47.9 Å². The number of amides is 1. The third kappa shape index (κ3) is 4.83. The van der Waals surface area contributed by atoms with Crippen molar-refractivity contribution in [2.24, 2.45) is 0 Å². The lowest BCUT2D eigenvalue weighted by atomic mass is 10.2. The van der Waals surface area contributed by atoms with Gasteiger partial charge in [-0.2, -0.15) is 0 Å². The molecule has 2 rings (SSSR count). The first kappa shape index (κ1) is 14.9. The van der Waals surface area contributed by atoms with E-state index >= 15 is 0 Å². The Morgan fingerprint density at radius 1 is 1.10 bits per heavy atom. The molecule has 21 heavy (non-hydrogen) atoms. The first-order valence-electron chi connectivity index (χ1n) is 7.04. The van der Waals surface area contributed by atoms with Crippen molar-refractivity contribution < 1.29 is 4.79 Å². The zero-order valence-corrected chi connectivity index (χ0v) is 12.0. The fourth-order valence-corrected chi connectivity index (χ4v) is 1.76. The highest BCUT2D eigenvalue weighted by Crippen LogP contribution is 2.02. The van der Waals surface area contributed by atoms with Gasteiger partial charge >= 0.3 is 0 Å². The molecule has 1 amide bonds. The quantitative estimate of drug-likeness (QED) is 0.809. The van der Waals surface area contributed by atoms with Crippen LogP contribution in [0.5, 0.6) is 0 Å². The first-order chi connectivity index (χ1) is 10.3. The van der Waals surface area contributed by atoms with Gasteiger partial charge in [0.15, 0.2) is 5.69 Å². The maximum absolute atomic E-state index is 11.9. The van der Waals surface area contributed by atoms with Gasteiger partial charge in [0.25, 0.3) is 5.91 Å². The van der Waals surface area contributed by atoms with Crippen LogP contribution >= 0.6 is 0 Å². The minimum Gasteiger partial charge on any atom is -0.369 e. The Hall–Kier alpha value is -2.50. The minimum absolute atomic E-state index is 0.210. The highest BCUT2D eigenvalue weighted by Gasteiger charge is 2.07. The number of anilines is 1. The molecule has 110 valence electrons. The number of nitrogens with one attached hydrogen (secondary N) is 2. The molecule has 0 saturated heterocycles. The molecule has 2 heterocycles. The number of aromatic nitrogens is 3. The van der Waals surface area contributed by atoms with Gasteiger partial charge in [0, 0.05) is 25.5 Å². The van der Waals surface area contributed by atoms with E-state index in [0.29, 0.717) is 18.1 Å². The smallest absolute Gasteiger partial charge is 0.271 e. The Morgan fingerprint density at radius 2 is 1.90 bits per heavy atom. The molecule has 0 radical (unpaired) electrons. The molecule has 0 aliphatic heterocycles. The van der Waals surface area contributed by atoms with Crippen LogP contribution in [0.3, 0.4) is 0 Å². The number of rotatable bonds is 7. The fraction of sp³-hybridized carbons (Fsp3) is 0.333. The van der Waals surface area contributed by atoms with Crippen molar-refractivity contribution in [1.29, 1.82) is 0 Å². The predicted octanol–water partition coefficient (Wildman–Crippen LogP) is 1.67. The summed E-state index contributed by atoms with van der Waals surface area (Å²) in [5, 5.41) is 13.8. The molecule has 0 atom stereocenters. The summed E-state index contributed by atoms with van der Waals surface area (Å²) in [6.07, 6.45) is 5.26. The monoisotopic (exact) mass is 285 g/mol. The molecule has 0 aromatic carbocycles.